The monoisotopic (exact) mass is 249 g/mol. The maximum atomic E-state index is 11.7. The molecule has 0 heterocycles. The number of carbonyl (C=O) groups is 2. The highest BCUT2D eigenvalue weighted by Crippen LogP contribution is 2.14. The predicted molar refractivity (Wildman–Crippen MR) is 70.5 cm³/mol. The number of hydrogen-bond acceptors (Lipinski definition) is 2. The van der Waals surface area contributed by atoms with E-state index >= 15 is 0 Å². The molecule has 1 unspecified atom stereocenters. The van der Waals surface area contributed by atoms with Gasteiger partial charge in [0, 0.05) is 18.0 Å². The van der Waals surface area contributed by atoms with Crippen LogP contribution in [-0.2, 0) is 16.0 Å². The average molecular weight is 249 g/mol. The number of rotatable bonds is 6. The molecule has 2 N–H and O–H groups in total. The van der Waals surface area contributed by atoms with E-state index in [0.29, 0.717) is 6.42 Å². The molecular weight excluding hydrogens is 230 g/mol. The lowest BCUT2D eigenvalue weighted by Gasteiger charge is -2.10. The second kappa shape index (κ2) is 6.79. The van der Waals surface area contributed by atoms with Gasteiger partial charge >= 0.3 is 5.97 Å². The summed E-state index contributed by atoms with van der Waals surface area (Å²) in [7, 11) is 0. The van der Waals surface area contributed by atoms with Crippen molar-refractivity contribution in [1.82, 2.24) is 0 Å². The normalized spacial score (nSPS) is 11.9. The molecule has 0 spiro atoms. The van der Waals surface area contributed by atoms with E-state index in [9.17, 15) is 9.59 Å². The maximum Gasteiger partial charge on any atom is 0.303 e. The highest BCUT2D eigenvalue weighted by atomic mass is 16.4. The minimum atomic E-state index is -0.816. The van der Waals surface area contributed by atoms with E-state index in [2.05, 4.69) is 5.32 Å². The molecule has 0 radical (unpaired) electrons. The fourth-order valence-electron chi connectivity index (χ4n) is 1.51. The first-order valence-electron chi connectivity index (χ1n) is 6.14. The molecule has 1 atom stereocenters. The lowest BCUT2D eigenvalue weighted by molar-refractivity contribution is -0.137. The van der Waals surface area contributed by atoms with Gasteiger partial charge in [-0.15, -0.1) is 0 Å². The minimum Gasteiger partial charge on any atom is -0.481 e. The molecule has 0 fully saturated rings. The molecule has 98 valence electrons. The van der Waals surface area contributed by atoms with Crippen LogP contribution in [0.2, 0.25) is 0 Å². The van der Waals surface area contributed by atoms with Crippen molar-refractivity contribution in [3.8, 4) is 0 Å². The van der Waals surface area contributed by atoms with Crippen LogP contribution in [-0.4, -0.2) is 17.0 Å². The zero-order chi connectivity index (χ0) is 13.5. The smallest absolute Gasteiger partial charge is 0.303 e. The van der Waals surface area contributed by atoms with Gasteiger partial charge in [-0.3, -0.25) is 9.59 Å². The largest absolute Gasteiger partial charge is 0.481 e. The zero-order valence-electron chi connectivity index (χ0n) is 10.8. The molecule has 1 rings (SSSR count). The number of amides is 1. The SMILES string of the molecule is CCC(C)C(=O)Nc1cccc(CCC(=O)O)c1. The Balaban J connectivity index is 2.64. The molecular formula is C14H19NO3. The fraction of sp³-hybridized carbons (Fsp3) is 0.429. The van der Waals surface area contributed by atoms with Crippen LogP contribution in [0.25, 0.3) is 0 Å². The first-order valence-corrected chi connectivity index (χ1v) is 6.14. The zero-order valence-corrected chi connectivity index (χ0v) is 10.8. The van der Waals surface area contributed by atoms with Crippen molar-refractivity contribution < 1.29 is 14.7 Å². The van der Waals surface area contributed by atoms with Crippen molar-refractivity contribution in [2.24, 2.45) is 5.92 Å². The second-order valence-electron chi connectivity index (χ2n) is 4.39. The van der Waals surface area contributed by atoms with Crippen LogP contribution in [0.4, 0.5) is 5.69 Å². The molecule has 1 aromatic carbocycles. The first-order chi connectivity index (χ1) is 8.52. The van der Waals surface area contributed by atoms with Crippen LogP contribution in [0.3, 0.4) is 0 Å². The van der Waals surface area contributed by atoms with Crippen molar-refractivity contribution in [2.75, 3.05) is 5.32 Å². The maximum absolute atomic E-state index is 11.7. The van der Waals surface area contributed by atoms with Crippen molar-refractivity contribution in [2.45, 2.75) is 33.1 Å². The van der Waals surface area contributed by atoms with Gasteiger partial charge in [0.2, 0.25) is 5.91 Å². The van der Waals surface area contributed by atoms with Crippen LogP contribution in [0.5, 0.6) is 0 Å². The van der Waals surface area contributed by atoms with Crippen molar-refractivity contribution in [3.05, 3.63) is 29.8 Å². The third-order valence-corrected chi connectivity index (χ3v) is 2.88. The summed E-state index contributed by atoms with van der Waals surface area (Å²) >= 11 is 0. The van der Waals surface area contributed by atoms with E-state index in [1.54, 1.807) is 0 Å². The third-order valence-electron chi connectivity index (χ3n) is 2.88. The number of nitrogens with one attached hydrogen (secondary N) is 1. The Morgan fingerprint density at radius 2 is 2.11 bits per heavy atom. The van der Waals surface area contributed by atoms with E-state index in [1.165, 1.54) is 0 Å². The van der Waals surface area contributed by atoms with Gasteiger partial charge in [-0.1, -0.05) is 26.0 Å². The molecule has 0 aliphatic carbocycles. The van der Waals surface area contributed by atoms with Gasteiger partial charge in [-0.25, -0.2) is 0 Å². The average Bonchev–Trinajstić information content (AvgIpc) is 2.35. The molecule has 0 saturated carbocycles. The summed E-state index contributed by atoms with van der Waals surface area (Å²) < 4.78 is 0. The van der Waals surface area contributed by atoms with Gasteiger partial charge < -0.3 is 10.4 Å². The topological polar surface area (TPSA) is 66.4 Å². The first kappa shape index (κ1) is 14.2. The van der Waals surface area contributed by atoms with Crippen molar-refractivity contribution in [1.29, 1.82) is 0 Å². The van der Waals surface area contributed by atoms with E-state index < -0.39 is 5.97 Å². The Morgan fingerprint density at radius 1 is 1.39 bits per heavy atom. The number of carbonyl (C=O) groups excluding carboxylic acids is 1. The van der Waals surface area contributed by atoms with Gasteiger partial charge in [0.05, 0.1) is 0 Å². The Hall–Kier alpha value is -1.84. The molecule has 0 aromatic heterocycles. The summed E-state index contributed by atoms with van der Waals surface area (Å²) in [6.07, 6.45) is 1.37. The number of hydrogen-bond donors (Lipinski definition) is 2. The number of anilines is 1. The molecule has 4 heteroatoms. The highest BCUT2D eigenvalue weighted by molar-refractivity contribution is 5.92. The van der Waals surface area contributed by atoms with Crippen molar-refractivity contribution in [3.63, 3.8) is 0 Å². The van der Waals surface area contributed by atoms with Crippen LogP contribution in [0.15, 0.2) is 24.3 Å². The predicted octanol–water partition coefficient (Wildman–Crippen LogP) is 2.69. The Labute approximate surface area is 107 Å². The second-order valence-corrected chi connectivity index (χ2v) is 4.39. The van der Waals surface area contributed by atoms with Crippen LogP contribution in [0, 0.1) is 5.92 Å². The number of carboxylic acid groups (broad SMARTS) is 1. The number of aliphatic carboxylic acids is 1. The Bertz CT molecular complexity index is 429. The summed E-state index contributed by atoms with van der Waals surface area (Å²) in [6, 6.07) is 7.32. The van der Waals surface area contributed by atoms with Crippen LogP contribution < -0.4 is 5.32 Å². The van der Waals surface area contributed by atoms with E-state index in [0.717, 1.165) is 17.7 Å². The lowest BCUT2D eigenvalue weighted by Crippen LogP contribution is -2.19. The summed E-state index contributed by atoms with van der Waals surface area (Å²) in [5, 5.41) is 11.5. The molecule has 0 aliphatic heterocycles. The van der Waals surface area contributed by atoms with Crippen LogP contribution >= 0.6 is 0 Å². The van der Waals surface area contributed by atoms with E-state index in [4.69, 9.17) is 5.11 Å². The quantitative estimate of drug-likeness (QED) is 0.814. The Kier molecular flexibility index (Phi) is 5.36. The molecule has 0 bridgehead atoms. The lowest BCUT2D eigenvalue weighted by atomic mass is 10.1. The summed E-state index contributed by atoms with van der Waals surface area (Å²) in [4.78, 5) is 22.2. The fourth-order valence-corrected chi connectivity index (χ4v) is 1.51. The summed E-state index contributed by atoms with van der Waals surface area (Å²) in [5.41, 5.74) is 1.64. The van der Waals surface area contributed by atoms with Gasteiger partial charge in [0.1, 0.15) is 0 Å². The van der Waals surface area contributed by atoms with Gasteiger partial charge in [0.15, 0.2) is 0 Å². The summed E-state index contributed by atoms with van der Waals surface area (Å²) in [6.45, 7) is 3.84. The van der Waals surface area contributed by atoms with Gasteiger partial charge in [-0.05, 0) is 30.5 Å². The highest BCUT2D eigenvalue weighted by Gasteiger charge is 2.10. The van der Waals surface area contributed by atoms with Gasteiger partial charge in [-0.2, -0.15) is 0 Å². The van der Waals surface area contributed by atoms with Crippen LogP contribution in [0.1, 0.15) is 32.3 Å². The number of aryl methyl sites for hydroxylation is 1. The van der Waals surface area contributed by atoms with E-state index in [1.807, 2.05) is 38.1 Å². The molecule has 0 aliphatic rings. The molecule has 1 aromatic rings. The minimum absolute atomic E-state index is 0.00659. The molecule has 18 heavy (non-hydrogen) atoms. The standard InChI is InChI=1S/C14H19NO3/c1-3-10(2)14(18)15-12-6-4-5-11(9-12)7-8-13(16)17/h4-6,9-10H,3,7-8H2,1-2H3,(H,15,18)(H,16,17). The number of benzene rings is 1. The molecule has 4 nitrogen and oxygen atoms in total. The van der Waals surface area contributed by atoms with E-state index in [-0.39, 0.29) is 18.2 Å². The third kappa shape index (κ3) is 4.57. The van der Waals surface area contributed by atoms with Gasteiger partial charge in [0.25, 0.3) is 0 Å². The molecule has 0 saturated heterocycles. The molecule has 1 amide bonds. The Morgan fingerprint density at radius 3 is 2.72 bits per heavy atom. The van der Waals surface area contributed by atoms with Crippen molar-refractivity contribution >= 4 is 17.6 Å². The summed E-state index contributed by atoms with van der Waals surface area (Å²) in [5.74, 6) is -0.843. The number of carboxylic acids is 1.